The quantitative estimate of drug-likeness (QED) is 0.909. The summed E-state index contributed by atoms with van der Waals surface area (Å²) in [5.41, 5.74) is 2.68. The molecule has 2 rings (SSSR count). The van der Waals surface area contributed by atoms with Crippen molar-refractivity contribution >= 4 is 0 Å². The SMILES string of the molecule is CC(NCc1ccc(-n2cccn2)cc1)C(C)(C)C. The van der Waals surface area contributed by atoms with Crippen LogP contribution in [-0.2, 0) is 6.54 Å². The number of benzene rings is 1. The second-order valence-corrected chi connectivity index (χ2v) is 6.09. The zero-order chi connectivity index (χ0) is 13.9. The summed E-state index contributed by atoms with van der Waals surface area (Å²) >= 11 is 0. The Morgan fingerprint density at radius 3 is 2.42 bits per heavy atom. The predicted molar refractivity (Wildman–Crippen MR) is 79.3 cm³/mol. The highest BCUT2D eigenvalue weighted by molar-refractivity contribution is 5.33. The number of aromatic nitrogens is 2. The third-order valence-electron chi connectivity index (χ3n) is 3.62. The van der Waals surface area contributed by atoms with Gasteiger partial charge in [-0.25, -0.2) is 4.68 Å². The van der Waals surface area contributed by atoms with Crippen molar-refractivity contribution in [3.05, 3.63) is 48.3 Å². The van der Waals surface area contributed by atoms with Gasteiger partial charge in [0.1, 0.15) is 0 Å². The van der Waals surface area contributed by atoms with Crippen LogP contribution in [0.2, 0.25) is 0 Å². The minimum Gasteiger partial charge on any atom is -0.310 e. The van der Waals surface area contributed by atoms with Crippen molar-refractivity contribution in [2.45, 2.75) is 40.3 Å². The van der Waals surface area contributed by atoms with Crippen molar-refractivity contribution < 1.29 is 0 Å². The Balaban J connectivity index is 1.96. The first kappa shape index (κ1) is 13.8. The summed E-state index contributed by atoms with van der Waals surface area (Å²) in [7, 11) is 0. The summed E-state index contributed by atoms with van der Waals surface area (Å²) in [6.45, 7) is 9.90. The minimum atomic E-state index is 0.287. The maximum atomic E-state index is 4.22. The molecule has 0 saturated heterocycles. The number of hydrogen-bond donors (Lipinski definition) is 1. The van der Waals surface area contributed by atoms with Gasteiger partial charge < -0.3 is 5.32 Å². The molecule has 0 amide bonds. The number of hydrogen-bond acceptors (Lipinski definition) is 2. The molecule has 0 radical (unpaired) electrons. The molecular weight excluding hydrogens is 234 g/mol. The molecule has 0 spiro atoms. The van der Waals surface area contributed by atoms with Gasteiger partial charge in [-0.05, 0) is 36.1 Å². The molecule has 3 heteroatoms. The molecule has 2 aromatic rings. The lowest BCUT2D eigenvalue weighted by Crippen LogP contribution is -2.37. The van der Waals surface area contributed by atoms with E-state index in [9.17, 15) is 0 Å². The van der Waals surface area contributed by atoms with Gasteiger partial charge in [-0.2, -0.15) is 5.10 Å². The lowest BCUT2D eigenvalue weighted by Gasteiger charge is -2.28. The summed E-state index contributed by atoms with van der Waals surface area (Å²) in [6.07, 6.45) is 3.75. The average Bonchev–Trinajstić information content (AvgIpc) is 2.89. The van der Waals surface area contributed by atoms with Crippen molar-refractivity contribution in [1.29, 1.82) is 0 Å². The van der Waals surface area contributed by atoms with Crippen LogP contribution in [0, 0.1) is 5.41 Å². The van der Waals surface area contributed by atoms with E-state index in [1.165, 1.54) is 5.56 Å². The molecule has 102 valence electrons. The van der Waals surface area contributed by atoms with Gasteiger partial charge in [-0.3, -0.25) is 0 Å². The van der Waals surface area contributed by atoms with Crippen molar-refractivity contribution in [1.82, 2.24) is 15.1 Å². The largest absolute Gasteiger partial charge is 0.310 e. The highest BCUT2D eigenvalue weighted by atomic mass is 15.3. The van der Waals surface area contributed by atoms with Gasteiger partial charge in [-0.1, -0.05) is 32.9 Å². The fourth-order valence-electron chi connectivity index (χ4n) is 1.77. The van der Waals surface area contributed by atoms with Crippen LogP contribution in [-0.4, -0.2) is 15.8 Å². The molecule has 0 aliphatic heterocycles. The van der Waals surface area contributed by atoms with Gasteiger partial charge in [0.25, 0.3) is 0 Å². The Labute approximate surface area is 115 Å². The molecule has 0 fully saturated rings. The zero-order valence-corrected chi connectivity index (χ0v) is 12.2. The topological polar surface area (TPSA) is 29.9 Å². The van der Waals surface area contributed by atoms with Crippen LogP contribution in [0.5, 0.6) is 0 Å². The first-order chi connectivity index (χ1) is 8.97. The highest BCUT2D eigenvalue weighted by Gasteiger charge is 2.18. The van der Waals surface area contributed by atoms with Crippen molar-refractivity contribution in [3.8, 4) is 5.69 Å². The van der Waals surface area contributed by atoms with Gasteiger partial charge >= 0.3 is 0 Å². The number of rotatable bonds is 4. The van der Waals surface area contributed by atoms with Crippen LogP contribution >= 0.6 is 0 Å². The molecule has 19 heavy (non-hydrogen) atoms. The molecule has 1 heterocycles. The van der Waals surface area contributed by atoms with Crippen molar-refractivity contribution in [2.75, 3.05) is 0 Å². The van der Waals surface area contributed by atoms with E-state index in [1.807, 2.05) is 16.9 Å². The van der Waals surface area contributed by atoms with Crippen LogP contribution in [0.3, 0.4) is 0 Å². The van der Waals surface area contributed by atoms with Crippen LogP contribution in [0.25, 0.3) is 5.69 Å². The molecule has 0 aliphatic carbocycles. The monoisotopic (exact) mass is 257 g/mol. The Morgan fingerprint density at radius 1 is 1.21 bits per heavy atom. The maximum absolute atomic E-state index is 4.22. The van der Waals surface area contributed by atoms with Crippen LogP contribution < -0.4 is 5.32 Å². The van der Waals surface area contributed by atoms with E-state index in [4.69, 9.17) is 0 Å². The summed E-state index contributed by atoms with van der Waals surface area (Å²) in [5.74, 6) is 0. The summed E-state index contributed by atoms with van der Waals surface area (Å²) < 4.78 is 1.87. The molecule has 0 aliphatic rings. The van der Waals surface area contributed by atoms with Crippen molar-refractivity contribution in [3.63, 3.8) is 0 Å². The van der Waals surface area contributed by atoms with E-state index in [2.05, 4.69) is 62.4 Å². The smallest absolute Gasteiger partial charge is 0.0645 e. The molecule has 1 aromatic heterocycles. The predicted octanol–water partition coefficient (Wildman–Crippen LogP) is 3.40. The molecule has 1 unspecified atom stereocenters. The average molecular weight is 257 g/mol. The highest BCUT2D eigenvalue weighted by Crippen LogP contribution is 2.19. The molecule has 0 saturated carbocycles. The lowest BCUT2D eigenvalue weighted by molar-refractivity contribution is 0.285. The second kappa shape index (κ2) is 5.57. The zero-order valence-electron chi connectivity index (χ0n) is 12.2. The van der Waals surface area contributed by atoms with Gasteiger partial charge in [0.2, 0.25) is 0 Å². The third-order valence-corrected chi connectivity index (χ3v) is 3.62. The van der Waals surface area contributed by atoms with E-state index in [0.29, 0.717) is 6.04 Å². The number of nitrogens with one attached hydrogen (secondary N) is 1. The second-order valence-electron chi connectivity index (χ2n) is 6.09. The van der Waals surface area contributed by atoms with Gasteiger partial charge in [0, 0.05) is 25.0 Å². The Hall–Kier alpha value is -1.61. The molecule has 1 aromatic carbocycles. The first-order valence-electron chi connectivity index (χ1n) is 6.79. The third kappa shape index (κ3) is 3.67. The lowest BCUT2D eigenvalue weighted by atomic mass is 9.88. The standard InChI is InChI=1S/C16H23N3/c1-13(16(2,3)4)17-12-14-6-8-15(9-7-14)19-11-5-10-18-19/h5-11,13,17H,12H2,1-4H3. The van der Waals surface area contributed by atoms with E-state index in [-0.39, 0.29) is 5.41 Å². The normalized spacial score (nSPS) is 13.5. The molecule has 3 nitrogen and oxygen atoms in total. The first-order valence-corrected chi connectivity index (χ1v) is 6.79. The fourth-order valence-corrected chi connectivity index (χ4v) is 1.77. The Bertz CT molecular complexity index is 492. The van der Waals surface area contributed by atoms with E-state index in [1.54, 1.807) is 6.20 Å². The molecular formula is C16H23N3. The summed E-state index contributed by atoms with van der Waals surface area (Å²) in [5, 5.41) is 7.79. The fraction of sp³-hybridized carbons (Fsp3) is 0.438. The summed E-state index contributed by atoms with van der Waals surface area (Å²) in [6, 6.07) is 10.9. The number of nitrogens with zero attached hydrogens (tertiary/aromatic N) is 2. The summed E-state index contributed by atoms with van der Waals surface area (Å²) in [4.78, 5) is 0. The molecule has 1 atom stereocenters. The maximum Gasteiger partial charge on any atom is 0.0645 e. The van der Waals surface area contributed by atoms with Gasteiger partial charge in [-0.15, -0.1) is 0 Å². The van der Waals surface area contributed by atoms with Crippen molar-refractivity contribution in [2.24, 2.45) is 5.41 Å². The Kier molecular flexibility index (Phi) is 4.05. The molecule has 0 bridgehead atoms. The van der Waals surface area contributed by atoms with Crippen LogP contribution in [0.1, 0.15) is 33.3 Å². The van der Waals surface area contributed by atoms with Gasteiger partial charge in [0.15, 0.2) is 0 Å². The van der Waals surface area contributed by atoms with E-state index < -0.39 is 0 Å². The Morgan fingerprint density at radius 2 is 1.89 bits per heavy atom. The van der Waals surface area contributed by atoms with Gasteiger partial charge in [0.05, 0.1) is 5.69 Å². The van der Waals surface area contributed by atoms with E-state index in [0.717, 1.165) is 12.2 Å². The minimum absolute atomic E-state index is 0.287. The van der Waals surface area contributed by atoms with Crippen LogP contribution in [0.4, 0.5) is 0 Å². The van der Waals surface area contributed by atoms with E-state index >= 15 is 0 Å². The molecule has 1 N–H and O–H groups in total. The van der Waals surface area contributed by atoms with Crippen LogP contribution in [0.15, 0.2) is 42.7 Å².